The van der Waals surface area contributed by atoms with Crippen LogP contribution < -0.4 is 10.1 Å². The Bertz CT molecular complexity index is 1290. The number of nitrogens with one attached hydrogen (secondary N) is 1. The van der Waals surface area contributed by atoms with Crippen molar-refractivity contribution in [3.05, 3.63) is 71.9 Å². The Kier molecular flexibility index (Phi) is 6.45. The van der Waals surface area contributed by atoms with Gasteiger partial charge in [0, 0.05) is 11.3 Å². The number of rotatable bonds is 6. The van der Waals surface area contributed by atoms with Gasteiger partial charge < -0.3 is 14.0 Å². The molecule has 2 heterocycles. The molecule has 0 aliphatic rings. The van der Waals surface area contributed by atoms with Crippen molar-refractivity contribution in [2.24, 2.45) is 0 Å². The second-order valence-electron chi connectivity index (χ2n) is 7.54. The summed E-state index contributed by atoms with van der Waals surface area (Å²) in [6, 6.07) is 12.0. The summed E-state index contributed by atoms with van der Waals surface area (Å²) >= 11 is 0. The van der Waals surface area contributed by atoms with E-state index in [-0.39, 0.29) is 5.75 Å². The van der Waals surface area contributed by atoms with E-state index < -0.39 is 18.6 Å². The predicted molar refractivity (Wildman–Crippen MR) is 118 cm³/mol. The van der Waals surface area contributed by atoms with Crippen LogP contribution in [0, 0.1) is 13.8 Å². The van der Waals surface area contributed by atoms with Crippen molar-refractivity contribution in [1.82, 2.24) is 19.9 Å². The number of hydrogen-bond acceptors (Lipinski definition) is 7. The van der Waals surface area contributed by atoms with Crippen LogP contribution in [0.5, 0.6) is 5.75 Å². The first-order valence-corrected chi connectivity index (χ1v) is 10.4. The monoisotopic (exact) mass is 487 g/mol. The normalized spacial score (nSPS) is 12.3. The molecule has 0 aliphatic heterocycles. The zero-order chi connectivity index (χ0) is 25.2. The van der Waals surface area contributed by atoms with E-state index in [1.165, 1.54) is 35.3 Å². The van der Waals surface area contributed by atoms with E-state index in [9.17, 15) is 18.0 Å². The molecule has 4 aromatic rings. The Balaban J connectivity index is 1.38. The smallest absolute Gasteiger partial charge is 0.441 e. The number of aryl methyl sites for hydroxylation is 2. The number of anilines is 1. The summed E-state index contributed by atoms with van der Waals surface area (Å²) in [6.45, 7) is 5.25. The summed E-state index contributed by atoms with van der Waals surface area (Å²) in [5.41, 5.74) is 3.06. The average Bonchev–Trinajstić information content (AvgIpc) is 3.40. The lowest BCUT2D eigenvalue weighted by atomic mass is 10.1. The lowest BCUT2D eigenvalue weighted by molar-refractivity contribution is -0.274. The SMILES string of the molecule is Cc1noc(C)c1C(C)OC(=O)Nc1ccc(-c2ncn(-c3ccc(OC(F)(F)F)cc3)n2)cc1. The van der Waals surface area contributed by atoms with Crippen LogP contribution in [0.1, 0.15) is 30.0 Å². The first kappa shape index (κ1) is 23.8. The Morgan fingerprint density at radius 2 is 1.77 bits per heavy atom. The van der Waals surface area contributed by atoms with Crippen LogP contribution in [0.3, 0.4) is 0 Å². The molecule has 35 heavy (non-hydrogen) atoms. The number of nitrogens with zero attached hydrogens (tertiary/aromatic N) is 4. The van der Waals surface area contributed by atoms with E-state index in [2.05, 4.69) is 25.3 Å². The lowest BCUT2D eigenvalue weighted by Gasteiger charge is -2.13. The number of carbonyl (C=O) groups excluding carboxylic acids is 1. The standard InChI is InChI=1S/C23H20F3N5O4/c1-13-20(15(3)35-30-13)14(2)33-22(32)28-17-6-4-16(5-7-17)21-27-12-31(29-21)18-8-10-19(11-9-18)34-23(24,25)26/h4-12,14H,1-3H3,(H,28,32). The van der Waals surface area contributed by atoms with Gasteiger partial charge in [-0.05, 0) is 69.3 Å². The van der Waals surface area contributed by atoms with E-state index in [0.717, 1.165) is 5.56 Å². The number of ether oxygens (including phenoxy) is 2. The molecular formula is C23H20F3N5O4. The maximum absolute atomic E-state index is 12.3. The molecular weight excluding hydrogens is 467 g/mol. The van der Waals surface area contributed by atoms with E-state index in [1.54, 1.807) is 45.0 Å². The molecule has 2 aromatic carbocycles. The zero-order valence-electron chi connectivity index (χ0n) is 18.8. The van der Waals surface area contributed by atoms with Gasteiger partial charge in [0.1, 0.15) is 23.9 Å². The third kappa shape index (κ3) is 5.78. The number of benzene rings is 2. The number of halogens is 3. The van der Waals surface area contributed by atoms with Crippen molar-refractivity contribution in [3.63, 3.8) is 0 Å². The molecule has 1 amide bonds. The van der Waals surface area contributed by atoms with Crippen molar-refractivity contribution in [3.8, 4) is 22.8 Å². The third-order valence-corrected chi connectivity index (χ3v) is 5.00. The molecule has 9 nitrogen and oxygen atoms in total. The molecule has 1 N–H and O–H groups in total. The van der Waals surface area contributed by atoms with Crippen LogP contribution in [0.25, 0.3) is 17.1 Å². The fourth-order valence-corrected chi connectivity index (χ4v) is 3.46. The van der Waals surface area contributed by atoms with Crippen LogP contribution >= 0.6 is 0 Å². The Hall–Kier alpha value is -4.35. The molecule has 4 rings (SSSR count). The van der Waals surface area contributed by atoms with Crippen LogP contribution in [0.15, 0.2) is 59.4 Å². The maximum Gasteiger partial charge on any atom is 0.573 e. The highest BCUT2D eigenvalue weighted by Gasteiger charge is 2.31. The summed E-state index contributed by atoms with van der Waals surface area (Å²) in [5, 5.41) is 10.9. The predicted octanol–water partition coefficient (Wildman–Crippen LogP) is 5.75. The highest BCUT2D eigenvalue weighted by molar-refractivity contribution is 5.85. The highest BCUT2D eigenvalue weighted by Crippen LogP contribution is 2.26. The van der Waals surface area contributed by atoms with Gasteiger partial charge in [0.15, 0.2) is 5.82 Å². The quantitative estimate of drug-likeness (QED) is 0.369. The fraction of sp³-hybridized carbons (Fsp3) is 0.217. The summed E-state index contributed by atoms with van der Waals surface area (Å²) in [5.74, 6) is 0.649. The summed E-state index contributed by atoms with van der Waals surface area (Å²) in [4.78, 5) is 16.5. The number of amides is 1. The number of hydrogen-bond donors (Lipinski definition) is 1. The van der Waals surface area contributed by atoms with Crippen molar-refractivity contribution in [1.29, 1.82) is 0 Å². The third-order valence-electron chi connectivity index (χ3n) is 5.00. The minimum atomic E-state index is -4.76. The first-order valence-electron chi connectivity index (χ1n) is 10.4. The highest BCUT2D eigenvalue weighted by atomic mass is 19.4. The molecule has 0 fully saturated rings. The minimum Gasteiger partial charge on any atom is -0.441 e. The molecule has 1 unspecified atom stereocenters. The second-order valence-corrected chi connectivity index (χ2v) is 7.54. The Morgan fingerprint density at radius 3 is 2.37 bits per heavy atom. The molecule has 0 saturated carbocycles. The molecule has 0 saturated heterocycles. The van der Waals surface area contributed by atoms with Crippen molar-refractivity contribution >= 4 is 11.8 Å². The van der Waals surface area contributed by atoms with Gasteiger partial charge in [0.25, 0.3) is 0 Å². The minimum absolute atomic E-state index is 0.329. The van der Waals surface area contributed by atoms with Crippen LogP contribution in [0.4, 0.5) is 23.7 Å². The zero-order valence-corrected chi connectivity index (χ0v) is 18.8. The van der Waals surface area contributed by atoms with Gasteiger partial charge in [0.05, 0.1) is 16.9 Å². The van der Waals surface area contributed by atoms with Gasteiger partial charge in [-0.15, -0.1) is 18.3 Å². The lowest BCUT2D eigenvalue weighted by Crippen LogP contribution is -2.17. The fourth-order valence-electron chi connectivity index (χ4n) is 3.46. The van der Waals surface area contributed by atoms with Gasteiger partial charge in [-0.2, -0.15) is 0 Å². The van der Waals surface area contributed by atoms with Crippen LogP contribution in [0.2, 0.25) is 0 Å². The number of alkyl halides is 3. The van der Waals surface area contributed by atoms with E-state index in [1.807, 2.05) is 0 Å². The van der Waals surface area contributed by atoms with Crippen molar-refractivity contribution in [2.45, 2.75) is 33.2 Å². The summed E-state index contributed by atoms with van der Waals surface area (Å²) in [7, 11) is 0. The van der Waals surface area contributed by atoms with Gasteiger partial charge in [-0.25, -0.2) is 14.5 Å². The van der Waals surface area contributed by atoms with Crippen LogP contribution in [-0.2, 0) is 4.74 Å². The topological polar surface area (TPSA) is 104 Å². The molecule has 12 heteroatoms. The van der Waals surface area contributed by atoms with Gasteiger partial charge in [0.2, 0.25) is 0 Å². The number of aromatic nitrogens is 4. The Labute approximate surface area is 197 Å². The van der Waals surface area contributed by atoms with Gasteiger partial charge >= 0.3 is 12.5 Å². The average molecular weight is 487 g/mol. The second kappa shape index (κ2) is 9.49. The van der Waals surface area contributed by atoms with Gasteiger partial charge in [-0.3, -0.25) is 5.32 Å². The van der Waals surface area contributed by atoms with E-state index in [4.69, 9.17) is 9.26 Å². The molecule has 182 valence electrons. The molecule has 1 atom stereocenters. The summed E-state index contributed by atoms with van der Waals surface area (Å²) in [6.07, 6.45) is -4.49. The molecule has 0 radical (unpaired) electrons. The molecule has 0 aliphatic carbocycles. The van der Waals surface area contributed by atoms with E-state index >= 15 is 0 Å². The van der Waals surface area contributed by atoms with E-state index in [0.29, 0.717) is 34.2 Å². The maximum atomic E-state index is 12.3. The van der Waals surface area contributed by atoms with Crippen molar-refractivity contribution in [2.75, 3.05) is 5.32 Å². The molecule has 0 bridgehead atoms. The largest absolute Gasteiger partial charge is 0.573 e. The number of carbonyl (C=O) groups is 1. The molecule has 2 aromatic heterocycles. The first-order chi connectivity index (χ1) is 16.6. The summed E-state index contributed by atoms with van der Waals surface area (Å²) < 4.78 is 52.7. The molecule has 0 spiro atoms. The van der Waals surface area contributed by atoms with Crippen molar-refractivity contribution < 1.29 is 32.0 Å². The van der Waals surface area contributed by atoms with Gasteiger partial charge in [-0.1, -0.05) is 5.16 Å². The Morgan fingerprint density at radius 1 is 1.09 bits per heavy atom. The van der Waals surface area contributed by atoms with Crippen LogP contribution in [-0.4, -0.2) is 32.4 Å².